The van der Waals surface area contributed by atoms with E-state index in [4.69, 9.17) is 5.73 Å². The van der Waals surface area contributed by atoms with Crippen molar-refractivity contribution in [2.75, 3.05) is 18.8 Å². The van der Waals surface area contributed by atoms with Crippen LogP contribution in [-0.2, 0) is 16.1 Å². The van der Waals surface area contributed by atoms with Crippen LogP contribution in [0.5, 0.6) is 0 Å². The highest BCUT2D eigenvalue weighted by Crippen LogP contribution is 2.18. The lowest BCUT2D eigenvalue weighted by Gasteiger charge is -2.40. The topological polar surface area (TPSA) is 113 Å². The fourth-order valence-electron chi connectivity index (χ4n) is 2.13. The summed E-state index contributed by atoms with van der Waals surface area (Å²) in [5.41, 5.74) is 5.23. The van der Waals surface area contributed by atoms with Crippen LogP contribution in [-0.4, -0.2) is 56.3 Å². The molecule has 1 fully saturated rings. The Morgan fingerprint density at radius 1 is 1.50 bits per heavy atom. The molecule has 0 bridgehead atoms. The predicted molar refractivity (Wildman–Crippen MR) is 71.4 cm³/mol. The first kappa shape index (κ1) is 14.5. The number of amides is 2. The summed E-state index contributed by atoms with van der Waals surface area (Å²) >= 11 is 0. The van der Waals surface area contributed by atoms with Crippen molar-refractivity contribution in [3.05, 3.63) is 12.4 Å². The molecule has 1 aromatic heterocycles. The van der Waals surface area contributed by atoms with Crippen LogP contribution in [0, 0.1) is 0 Å². The number of anilines is 1. The van der Waals surface area contributed by atoms with E-state index in [9.17, 15) is 14.7 Å². The van der Waals surface area contributed by atoms with Crippen LogP contribution in [0.25, 0.3) is 0 Å². The Kier molecular flexibility index (Phi) is 3.78. The summed E-state index contributed by atoms with van der Waals surface area (Å²) in [6.45, 7) is 3.96. The van der Waals surface area contributed by atoms with E-state index in [1.54, 1.807) is 24.9 Å². The molecule has 20 heavy (non-hydrogen) atoms. The van der Waals surface area contributed by atoms with Gasteiger partial charge in [-0.1, -0.05) is 0 Å². The number of nitrogens with one attached hydrogen (secondary N) is 1. The second-order valence-electron chi connectivity index (χ2n) is 5.47. The number of hydrogen-bond donors (Lipinski definition) is 3. The third-order valence-electron chi connectivity index (χ3n) is 3.42. The van der Waals surface area contributed by atoms with Crippen molar-refractivity contribution in [3.63, 3.8) is 0 Å². The summed E-state index contributed by atoms with van der Waals surface area (Å²) in [4.78, 5) is 24.9. The fourth-order valence-corrected chi connectivity index (χ4v) is 2.13. The molecule has 2 rings (SSSR count). The van der Waals surface area contributed by atoms with Gasteiger partial charge in [0.15, 0.2) is 0 Å². The molecule has 8 nitrogen and oxygen atoms in total. The molecule has 1 aliphatic rings. The van der Waals surface area contributed by atoms with E-state index in [1.807, 2.05) is 0 Å². The lowest BCUT2D eigenvalue weighted by Crippen LogP contribution is -2.65. The molecular weight excluding hydrogens is 262 g/mol. The maximum Gasteiger partial charge on any atom is 0.246 e. The largest absolute Gasteiger partial charge is 0.396 e. The molecular formula is C12H19N5O3. The molecule has 0 radical (unpaired) electrons. The van der Waals surface area contributed by atoms with E-state index in [1.165, 1.54) is 10.9 Å². The highest BCUT2D eigenvalue weighted by molar-refractivity contribution is 6.02. The standard InChI is InChI=1S/C12H19N5O3/c1-12(2)11(20)15-10(19)7-16(12)5-9(18)6-17-4-8(13)3-14-17/h3-4,9,18H,5-7,13H2,1-2H3,(H,15,19,20). The summed E-state index contributed by atoms with van der Waals surface area (Å²) in [6, 6.07) is 0. The van der Waals surface area contributed by atoms with Gasteiger partial charge in [-0.15, -0.1) is 0 Å². The molecule has 110 valence electrons. The Morgan fingerprint density at radius 2 is 2.20 bits per heavy atom. The van der Waals surface area contributed by atoms with E-state index < -0.39 is 11.6 Å². The average Bonchev–Trinajstić information content (AvgIpc) is 2.71. The number of aromatic nitrogens is 2. The van der Waals surface area contributed by atoms with Gasteiger partial charge in [0.25, 0.3) is 0 Å². The van der Waals surface area contributed by atoms with Gasteiger partial charge in [-0.05, 0) is 13.8 Å². The molecule has 1 atom stereocenters. The summed E-state index contributed by atoms with van der Waals surface area (Å²) in [5.74, 6) is -0.714. The smallest absolute Gasteiger partial charge is 0.246 e. The quantitative estimate of drug-likeness (QED) is 0.583. The van der Waals surface area contributed by atoms with Gasteiger partial charge < -0.3 is 10.8 Å². The molecule has 1 unspecified atom stereocenters. The normalized spacial score (nSPS) is 20.8. The molecule has 2 amide bonds. The molecule has 4 N–H and O–H groups in total. The van der Waals surface area contributed by atoms with Crippen molar-refractivity contribution in [2.45, 2.75) is 32.0 Å². The van der Waals surface area contributed by atoms with Crippen molar-refractivity contribution in [1.82, 2.24) is 20.0 Å². The number of hydrogen-bond acceptors (Lipinski definition) is 6. The first-order chi connectivity index (χ1) is 9.29. The summed E-state index contributed by atoms with van der Waals surface area (Å²) < 4.78 is 1.53. The zero-order valence-corrected chi connectivity index (χ0v) is 11.5. The van der Waals surface area contributed by atoms with Crippen LogP contribution in [0.2, 0.25) is 0 Å². The third-order valence-corrected chi connectivity index (χ3v) is 3.42. The van der Waals surface area contributed by atoms with Crippen molar-refractivity contribution in [1.29, 1.82) is 0 Å². The Bertz CT molecular complexity index is 525. The monoisotopic (exact) mass is 281 g/mol. The van der Waals surface area contributed by atoms with E-state index in [0.29, 0.717) is 5.69 Å². The minimum Gasteiger partial charge on any atom is -0.396 e. The Labute approximate surface area is 116 Å². The number of nitrogens with zero attached hydrogens (tertiary/aromatic N) is 3. The van der Waals surface area contributed by atoms with Gasteiger partial charge in [-0.2, -0.15) is 5.10 Å². The first-order valence-electron chi connectivity index (χ1n) is 6.34. The molecule has 2 heterocycles. The number of imide groups is 1. The molecule has 0 spiro atoms. The SMILES string of the molecule is CC1(C)C(=O)NC(=O)CN1CC(O)Cn1cc(N)cn1. The molecule has 8 heteroatoms. The Balaban J connectivity index is 2.00. The minimum atomic E-state index is -0.835. The first-order valence-corrected chi connectivity index (χ1v) is 6.34. The van der Waals surface area contributed by atoms with Gasteiger partial charge in [0.2, 0.25) is 11.8 Å². The number of aliphatic hydroxyl groups excluding tert-OH is 1. The van der Waals surface area contributed by atoms with Gasteiger partial charge >= 0.3 is 0 Å². The number of aliphatic hydroxyl groups is 1. The van der Waals surface area contributed by atoms with Gasteiger partial charge in [0, 0.05) is 12.7 Å². The number of nitrogens with two attached hydrogens (primary N) is 1. The average molecular weight is 281 g/mol. The number of β-amino-alcohol motifs (C(OH)–C–C–N with tert-alkyl or cyclic N) is 1. The molecule has 1 aromatic rings. The number of nitrogen functional groups attached to an aromatic ring is 1. The molecule has 0 aromatic carbocycles. The van der Waals surface area contributed by atoms with Crippen molar-refractivity contribution >= 4 is 17.5 Å². The minimum absolute atomic E-state index is 0.0804. The lowest BCUT2D eigenvalue weighted by molar-refractivity contribution is -0.146. The molecule has 0 aliphatic carbocycles. The van der Waals surface area contributed by atoms with Crippen LogP contribution < -0.4 is 11.1 Å². The summed E-state index contributed by atoms with van der Waals surface area (Å²) in [7, 11) is 0. The van der Waals surface area contributed by atoms with Gasteiger partial charge in [0.1, 0.15) is 0 Å². The maximum absolute atomic E-state index is 11.8. The lowest BCUT2D eigenvalue weighted by atomic mass is 9.98. The zero-order chi connectivity index (χ0) is 14.9. The predicted octanol–water partition coefficient (Wildman–Crippen LogP) is -1.44. The van der Waals surface area contributed by atoms with Gasteiger partial charge in [0.05, 0.1) is 36.6 Å². The second-order valence-corrected chi connectivity index (χ2v) is 5.47. The maximum atomic E-state index is 11.8. The summed E-state index contributed by atoms with van der Waals surface area (Å²) in [6.07, 6.45) is 2.35. The van der Waals surface area contributed by atoms with Crippen molar-refractivity contribution in [2.24, 2.45) is 0 Å². The van der Waals surface area contributed by atoms with Crippen LogP contribution >= 0.6 is 0 Å². The van der Waals surface area contributed by atoms with Crippen LogP contribution in [0.15, 0.2) is 12.4 Å². The van der Waals surface area contributed by atoms with Gasteiger partial charge in [-0.3, -0.25) is 24.5 Å². The number of carbonyl (C=O) groups excluding carboxylic acids is 2. The number of carbonyl (C=O) groups is 2. The fraction of sp³-hybridized carbons (Fsp3) is 0.583. The van der Waals surface area contributed by atoms with E-state index in [2.05, 4.69) is 10.4 Å². The van der Waals surface area contributed by atoms with Crippen molar-refractivity contribution < 1.29 is 14.7 Å². The highest BCUT2D eigenvalue weighted by Gasteiger charge is 2.41. The molecule has 0 saturated carbocycles. The second kappa shape index (κ2) is 5.22. The van der Waals surface area contributed by atoms with Crippen LogP contribution in [0.1, 0.15) is 13.8 Å². The van der Waals surface area contributed by atoms with E-state index in [-0.39, 0.29) is 31.4 Å². The Hall–Kier alpha value is -1.93. The van der Waals surface area contributed by atoms with E-state index >= 15 is 0 Å². The Morgan fingerprint density at radius 3 is 2.80 bits per heavy atom. The summed E-state index contributed by atoms with van der Waals surface area (Å²) in [5, 5.41) is 16.4. The highest BCUT2D eigenvalue weighted by atomic mass is 16.3. The third kappa shape index (κ3) is 2.97. The van der Waals surface area contributed by atoms with Gasteiger partial charge in [-0.25, -0.2) is 0 Å². The van der Waals surface area contributed by atoms with Crippen LogP contribution in [0.3, 0.4) is 0 Å². The number of rotatable bonds is 4. The van der Waals surface area contributed by atoms with E-state index in [0.717, 1.165) is 0 Å². The molecule has 1 aliphatic heterocycles. The molecule has 1 saturated heterocycles. The zero-order valence-electron chi connectivity index (χ0n) is 11.5. The van der Waals surface area contributed by atoms with Crippen LogP contribution in [0.4, 0.5) is 5.69 Å². The van der Waals surface area contributed by atoms with Crippen molar-refractivity contribution in [3.8, 4) is 0 Å². The number of piperazine rings is 1.